The summed E-state index contributed by atoms with van der Waals surface area (Å²) in [6.45, 7) is 3.87. The zero-order valence-electron chi connectivity index (χ0n) is 13.4. The standard InChI is InChI=1S/C17H24N2O3/c1-21-13-3-4-14(15(11-13)22-2)16(20)19-9-6-17(7-10-19)5-8-18-12-17/h3-4,11,18H,5-10,12H2,1-2H3. The van der Waals surface area contributed by atoms with Gasteiger partial charge in [-0.25, -0.2) is 0 Å². The van der Waals surface area contributed by atoms with Crippen molar-refractivity contribution in [1.29, 1.82) is 0 Å². The maximum absolute atomic E-state index is 12.8. The molecule has 5 heteroatoms. The van der Waals surface area contributed by atoms with Crippen molar-refractivity contribution in [3.63, 3.8) is 0 Å². The highest BCUT2D eigenvalue weighted by Crippen LogP contribution is 2.37. The fraction of sp³-hybridized carbons (Fsp3) is 0.588. The molecule has 2 aliphatic rings. The third-order valence-electron chi connectivity index (χ3n) is 5.08. The second-order valence-corrected chi connectivity index (χ2v) is 6.29. The smallest absolute Gasteiger partial charge is 0.257 e. The van der Waals surface area contributed by atoms with Gasteiger partial charge in [0.2, 0.25) is 0 Å². The fourth-order valence-corrected chi connectivity index (χ4v) is 3.55. The highest BCUT2D eigenvalue weighted by Gasteiger charge is 2.38. The van der Waals surface area contributed by atoms with E-state index in [1.165, 1.54) is 6.42 Å². The lowest BCUT2D eigenvalue weighted by molar-refractivity contribution is 0.0604. The molecule has 0 radical (unpaired) electrons. The van der Waals surface area contributed by atoms with Crippen molar-refractivity contribution in [3.05, 3.63) is 23.8 Å². The normalized spacial score (nSPS) is 20.2. The molecule has 1 spiro atoms. The third-order valence-corrected chi connectivity index (χ3v) is 5.08. The lowest BCUT2D eigenvalue weighted by Gasteiger charge is -2.39. The number of likely N-dealkylation sites (tertiary alicyclic amines) is 1. The Balaban J connectivity index is 1.72. The molecule has 0 saturated carbocycles. The van der Waals surface area contributed by atoms with E-state index in [0.717, 1.165) is 39.0 Å². The summed E-state index contributed by atoms with van der Waals surface area (Å²) >= 11 is 0. The highest BCUT2D eigenvalue weighted by atomic mass is 16.5. The molecule has 0 atom stereocenters. The fourth-order valence-electron chi connectivity index (χ4n) is 3.55. The zero-order chi connectivity index (χ0) is 15.6. The first-order chi connectivity index (χ1) is 10.7. The van der Waals surface area contributed by atoms with E-state index >= 15 is 0 Å². The molecule has 5 nitrogen and oxygen atoms in total. The lowest BCUT2D eigenvalue weighted by Crippen LogP contribution is -2.44. The summed E-state index contributed by atoms with van der Waals surface area (Å²) in [5.41, 5.74) is 1.03. The van der Waals surface area contributed by atoms with Crippen LogP contribution in [-0.4, -0.2) is 51.2 Å². The van der Waals surface area contributed by atoms with E-state index in [9.17, 15) is 4.79 Å². The molecule has 1 aromatic rings. The number of piperidine rings is 1. The van der Waals surface area contributed by atoms with Crippen molar-refractivity contribution in [1.82, 2.24) is 10.2 Å². The summed E-state index contributed by atoms with van der Waals surface area (Å²) in [7, 11) is 3.19. The van der Waals surface area contributed by atoms with Gasteiger partial charge in [0.05, 0.1) is 19.8 Å². The van der Waals surface area contributed by atoms with Crippen molar-refractivity contribution in [2.75, 3.05) is 40.4 Å². The van der Waals surface area contributed by atoms with E-state index in [0.29, 0.717) is 22.5 Å². The molecular formula is C17H24N2O3. The Morgan fingerprint density at radius 1 is 1.18 bits per heavy atom. The molecule has 0 bridgehead atoms. The second kappa shape index (κ2) is 6.16. The Hall–Kier alpha value is -1.75. The molecule has 3 rings (SSSR count). The summed E-state index contributed by atoms with van der Waals surface area (Å²) in [5.74, 6) is 1.33. The van der Waals surface area contributed by atoms with Crippen molar-refractivity contribution in [2.24, 2.45) is 5.41 Å². The van der Waals surface area contributed by atoms with Gasteiger partial charge in [-0.3, -0.25) is 4.79 Å². The summed E-state index contributed by atoms with van der Waals surface area (Å²) in [6.07, 6.45) is 3.41. The van der Waals surface area contributed by atoms with Crippen LogP contribution in [0.4, 0.5) is 0 Å². The molecule has 2 heterocycles. The van der Waals surface area contributed by atoms with E-state index in [1.54, 1.807) is 26.4 Å². The van der Waals surface area contributed by atoms with Crippen LogP contribution >= 0.6 is 0 Å². The van der Waals surface area contributed by atoms with Crippen LogP contribution in [0.5, 0.6) is 11.5 Å². The van der Waals surface area contributed by atoms with Crippen LogP contribution in [-0.2, 0) is 0 Å². The zero-order valence-corrected chi connectivity index (χ0v) is 13.4. The van der Waals surface area contributed by atoms with Gasteiger partial charge in [0.1, 0.15) is 11.5 Å². The van der Waals surface area contributed by atoms with Gasteiger partial charge in [0.15, 0.2) is 0 Å². The maximum Gasteiger partial charge on any atom is 0.257 e. The minimum atomic E-state index is 0.0558. The van der Waals surface area contributed by atoms with Gasteiger partial charge in [-0.1, -0.05) is 0 Å². The molecule has 0 aromatic heterocycles. The van der Waals surface area contributed by atoms with Crippen LogP contribution in [0.15, 0.2) is 18.2 Å². The Kier molecular flexibility index (Phi) is 4.25. The van der Waals surface area contributed by atoms with Gasteiger partial charge >= 0.3 is 0 Å². The molecule has 2 fully saturated rings. The number of hydrogen-bond acceptors (Lipinski definition) is 4. The number of amides is 1. The minimum absolute atomic E-state index is 0.0558. The molecule has 1 aromatic carbocycles. The molecule has 0 unspecified atom stereocenters. The number of methoxy groups -OCH3 is 2. The van der Waals surface area contributed by atoms with Crippen LogP contribution in [0, 0.1) is 5.41 Å². The summed E-state index contributed by atoms with van der Waals surface area (Å²) in [4.78, 5) is 14.7. The van der Waals surface area contributed by atoms with Crippen molar-refractivity contribution in [3.8, 4) is 11.5 Å². The summed E-state index contributed by atoms with van der Waals surface area (Å²) in [5, 5.41) is 3.45. The largest absolute Gasteiger partial charge is 0.497 e. The molecule has 22 heavy (non-hydrogen) atoms. The Labute approximate surface area is 131 Å². The van der Waals surface area contributed by atoms with Crippen LogP contribution in [0.1, 0.15) is 29.6 Å². The average Bonchev–Trinajstić information content (AvgIpc) is 3.02. The number of nitrogens with zero attached hydrogens (tertiary/aromatic N) is 1. The van der Waals surface area contributed by atoms with Crippen LogP contribution in [0.3, 0.4) is 0 Å². The SMILES string of the molecule is COc1ccc(C(=O)N2CCC3(CCNC3)CC2)c(OC)c1. The summed E-state index contributed by atoms with van der Waals surface area (Å²) < 4.78 is 10.5. The van der Waals surface area contributed by atoms with Crippen LogP contribution < -0.4 is 14.8 Å². The number of rotatable bonds is 3. The van der Waals surface area contributed by atoms with Crippen molar-refractivity contribution in [2.45, 2.75) is 19.3 Å². The Morgan fingerprint density at radius 2 is 1.95 bits per heavy atom. The Morgan fingerprint density at radius 3 is 2.55 bits per heavy atom. The molecular weight excluding hydrogens is 280 g/mol. The number of carbonyl (C=O) groups is 1. The van der Waals surface area contributed by atoms with Crippen LogP contribution in [0.2, 0.25) is 0 Å². The average molecular weight is 304 g/mol. The monoisotopic (exact) mass is 304 g/mol. The van der Waals surface area contributed by atoms with Gasteiger partial charge in [-0.15, -0.1) is 0 Å². The topological polar surface area (TPSA) is 50.8 Å². The first-order valence-corrected chi connectivity index (χ1v) is 7.89. The van der Waals surface area contributed by atoms with E-state index < -0.39 is 0 Å². The van der Waals surface area contributed by atoms with Crippen LogP contribution in [0.25, 0.3) is 0 Å². The van der Waals surface area contributed by atoms with Gasteiger partial charge < -0.3 is 19.7 Å². The van der Waals surface area contributed by atoms with Gasteiger partial charge in [-0.2, -0.15) is 0 Å². The van der Waals surface area contributed by atoms with E-state index in [-0.39, 0.29) is 5.91 Å². The van der Waals surface area contributed by atoms with Crippen molar-refractivity contribution < 1.29 is 14.3 Å². The van der Waals surface area contributed by atoms with Gasteiger partial charge in [0, 0.05) is 25.7 Å². The second-order valence-electron chi connectivity index (χ2n) is 6.29. The number of nitrogens with one attached hydrogen (secondary N) is 1. The highest BCUT2D eigenvalue weighted by molar-refractivity contribution is 5.97. The number of benzene rings is 1. The molecule has 120 valence electrons. The predicted molar refractivity (Wildman–Crippen MR) is 84.6 cm³/mol. The van der Waals surface area contributed by atoms with Gasteiger partial charge in [-0.05, 0) is 43.4 Å². The molecule has 2 aliphatic heterocycles. The van der Waals surface area contributed by atoms with E-state index in [2.05, 4.69) is 5.32 Å². The first kappa shape index (κ1) is 15.2. The molecule has 1 N–H and O–H groups in total. The Bertz CT molecular complexity index is 543. The number of hydrogen-bond donors (Lipinski definition) is 1. The molecule has 0 aliphatic carbocycles. The lowest BCUT2D eigenvalue weighted by atomic mass is 9.78. The van der Waals surface area contributed by atoms with E-state index in [4.69, 9.17) is 9.47 Å². The minimum Gasteiger partial charge on any atom is -0.497 e. The quantitative estimate of drug-likeness (QED) is 0.927. The molecule has 1 amide bonds. The van der Waals surface area contributed by atoms with E-state index in [1.807, 2.05) is 11.0 Å². The number of carbonyl (C=O) groups excluding carboxylic acids is 1. The first-order valence-electron chi connectivity index (χ1n) is 7.89. The number of ether oxygens (including phenoxy) is 2. The maximum atomic E-state index is 12.8. The van der Waals surface area contributed by atoms with Crippen molar-refractivity contribution >= 4 is 5.91 Å². The third kappa shape index (κ3) is 2.77. The van der Waals surface area contributed by atoms with Gasteiger partial charge in [0.25, 0.3) is 5.91 Å². The summed E-state index contributed by atoms with van der Waals surface area (Å²) in [6, 6.07) is 5.36. The predicted octanol–water partition coefficient (Wildman–Crippen LogP) is 1.92. The molecule has 2 saturated heterocycles.